The number of nitro groups is 2. The lowest BCUT2D eigenvalue weighted by Gasteiger charge is -1.92. The highest BCUT2D eigenvalue weighted by Gasteiger charge is 2.21. The fourth-order valence-electron chi connectivity index (χ4n) is 1.20. The van der Waals surface area contributed by atoms with E-state index < -0.39 is 15.5 Å². The van der Waals surface area contributed by atoms with Crippen molar-refractivity contribution in [1.29, 1.82) is 0 Å². The van der Waals surface area contributed by atoms with Gasteiger partial charge < -0.3 is 4.52 Å². The van der Waals surface area contributed by atoms with Crippen LogP contribution in [0.2, 0.25) is 0 Å². The molecule has 2 rings (SSSR count). The van der Waals surface area contributed by atoms with Gasteiger partial charge >= 0.3 is 5.69 Å². The lowest BCUT2D eigenvalue weighted by Crippen LogP contribution is -1.93. The summed E-state index contributed by atoms with van der Waals surface area (Å²) >= 11 is 0. The first-order chi connectivity index (χ1) is 7.09. The van der Waals surface area contributed by atoms with Crippen LogP contribution in [0.25, 0.3) is 10.9 Å². The first kappa shape index (κ1) is 9.06. The summed E-state index contributed by atoms with van der Waals surface area (Å²) < 4.78 is 4.51. The van der Waals surface area contributed by atoms with Crippen molar-refractivity contribution in [2.24, 2.45) is 0 Å². The molecule has 76 valence electrons. The minimum atomic E-state index is -0.738. The SMILES string of the molecule is O=[N+]([O-])c1cc([N+](=O)[O-])c2nocc2c1. The van der Waals surface area contributed by atoms with Crippen LogP contribution in [0, 0.1) is 20.2 Å². The van der Waals surface area contributed by atoms with Gasteiger partial charge in [-0.3, -0.25) is 20.2 Å². The highest BCUT2D eigenvalue weighted by Crippen LogP contribution is 2.29. The molecule has 8 heteroatoms. The third-order valence-corrected chi connectivity index (χ3v) is 1.84. The van der Waals surface area contributed by atoms with Crippen LogP contribution in [0.5, 0.6) is 0 Å². The fourth-order valence-corrected chi connectivity index (χ4v) is 1.20. The van der Waals surface area contributed by atoms with Gasteiger partial charge in [0.15, 0.2) is 5.52 Å². The number of nitro benzene ring substituents is 2. The van der Waals surface area contributed by atoms with E-state index in [1.165, 1.54) is 6.07 Å². The van der Waals surface area contributed by atoms with Crippen LogP contribution in [0.3, 0.4) is 0 Å². The Morgan fingerprint density at radius 2 is 1.93 bits per heavy atom. The zero-order chi connectivity index (χ0) is 11.0. The van der Waals surface area contributed by atoms with Gasteiger partial charge in [-0.1, -0.05) is 5.16 Å². The van der Waals surface area contributed by atoms with Gasteiger partial charge in [0, 0.05) is 6.07 Å². The Labute approximate surface area is 81.4 Å². The van der Waals surface area contributed by atoms with E-state index >= 15 is 0 Å². The Bertz CT molecular complexity index is 561. The Hall–Kier alpha value is -2.51. The molecule has 0 aliphatic heterocycles. The molecule has 0 fully saturated rings. The monoisotopic (exact) mass is 209 g/mol. The van der Waals surface area contributed by atoms with E-state index in [0.29, 0.717) is 0 Å². The van der Waals surface area contributed by atoms with Gasteiger partial charge in [0.1, 0.15) is 6.26 Å². The normalized spacial score (nSPS) is 10.4. The van der Waals surface area contributed by atoms with Crippen molar-refractivity contribution >= 4 is 22.3 Å². The molecule has 1 aromatic carbocycles. The average molecular weight is 209 g/mol. The maximum absolute atomic E-state index is 10.6. The van der Waals surface area contributed by atoms with E-state index in [-0.39, 0.29) is 16.6 Å². The van der Waals surface area contributed by atoms with Gasteiger partial charge in [0.25, 0.3) is 5.69 Å². The molecule has 0 radical (unpaired) electrons. The van der Waals surface area contributed by atoms with E-state index in [1.807, 2.05) is 0 Å². The highest BCUT2D eigenvalue weighted by atomic mass is 16.6. The zero-order valence-corrected chi connectivity index (χ0v) is 7.11. The van der Waals surface area contributed by atoms with Gasteiger partial charge in [0.05, 0.1) is 21.3 Å². The summed E-state index contributed by atoms with van der Waals surface area (Å²) in [4.78, 5) is 19.6. The molecule has 0 spiro atoms. The topological polar surface area (TPSA) is 112 Å². The summed E-state index contributed by atoms with van der Waals surface area (Å²) in [5.74, 6) is 0. The Morgan fingerprint density at radius 3 is 2.53 bits per heavy atom. The molecule has 0 amide bonds. The average Bonchev–Trinajstić information content (AvgIpc) is 2.62. The van der Waals surface area contributed by atoms with E-state index in [4.69, 9.17) is 0 Å². The lowest BCUT2D eigenvalue weighted by atomic mass is 10.2. The van der Waals surface area contributed by atoms with Gasteiger partial charge in [-0.25, -0.2) is 0 Å². The molecule has 2 aromatic rings. The third-order valence-electron chi connectivity index (χ3n) is 1.84. The van der Waals surface area contributed by atoms with Crippen molar-refractivity contribution in [3.63, 3.8) is 0 Å². The molecule has 0 aliphatic carbocycles. The molecular weight excluding hydrogens is 206 g/mol. The van der Waals surface area contributed by atoms with Gasteiger partial charge in [-0.2, -0.15) is 0 Å². The summed E-state index contributed by atoms with van der Waals surface area (Å²) in [6.45, 7) is 0. The van der Waals surface area contributed by atoms with E-state index in [9.17, 15) is 20.2 Å². The predicted octanol–water partition coefficient (Wildman–Crippen LogP) is 1.64. The molecule has 0 atom stereocenters. The van der Waals surface area contributed by atoms with E-state index in [1.54, 1.807) is 0 Å². The lowest BCUT2D eigenvalue weighted by molar-refractivity contribution is -0.393. The standard InChI is InChI=1S/C7H3N3O5/c11-9(12)5-1-4-3-15-8-7(4)6(2-5)10(13)14/h1-3H. The van der Waals surface area contributed by atoms with Crippen LogP contribution >= 0.6 is 0 Å². The molecule has 0 saturated carbocycles. The molecule has 1 heterocycles. The third kappa shape index (κ3) is 1.37. The van der Waals surface area contributed by atoms with E-state index in [0.717, 1.165) is 12.3 Å². The Morgan fingerprint density at radius 1 is 1.20 bits per heavy atom. The van der Waals surface area contributed by atoms with Crippen LogP contribution in [0.4, 0.5) is 11.4 Å². The number of hydrogen-bond donors (Lipinski definition) is 0. The molecule has 15 heavy (non-hydrogen) atoms. The van der Waals surface area contributed by atoms with Crippen molar-refractivity contribution in [2.45, 2.75) is 0 Å². The van der Waals surface area contributed by atoms with Crippen molar-refractivity contribution in [3.05, 3.63) is 38.6 Å². The second kappa shape index (κ2) is 3.01. The Kier molecular flexibility index (Phi) is 1.82. The van der Waals surface area contributed by atoms with Gasteiger partial charge in [0.2, 0.25) is 0 Å². The first-order valence-electron chi connectivity index (χ1n) is 3.76. The largest absolute Gasteiger partial charge is 0.363 e. The number of hydrogen-bond acceptors (Lipinski definition) is 6. The summed E-state index contributed by atoms with van der Waals surface area (Å²) in [6, 6.07) is 2.02. The van der Waals surface area contributed by atoms with Crippen LogP contribution in [0.1, 0.15) is 0 Å². The van der Waals surface area contributed by atoms with Gasteiger partial charge in [-0.05, 0) is 0 Å². The first-order valence-corrected chi connectivity index (χ1v) is 3.76. The molecule has 0 bridgehead atoms. The van der Waals surface area contributed by atoms with Crippen LogP contribution in [-0.4, -0.2) is 15.0 Å². The number of fused-ring (bicyclic) bond motifs is 1. The van der Waals surface area contributed by atoms with Crippen molar-refractivity contribution in [2.75, 3.05) is 0 Å². The second-order valence-corrected chi connectivity index (χ2v) is 2.73. The zero-order valence-electron chi connectivity index (χ0n) is 7.11. The molecule has 0 N–H and O–H groups in total. The molecule has 0 unspecified atom stereocenters. The predicted molar refractivity (Wildman–Crippen MR) is 47.3 cm³/mol. The smallest absolute Gasteiger partial charge is 0.305 e. The van der Waals surface area contributed by atoms with Crippen LogP contribution in [-0.2, 0) is 0 Å². The minimum Gasteiger partial charge on any atom is -0.363 e. The second-order valence-electron chi connectivity index (χ2n) is 2.73. The Balaban J connectivity index is 2.80. The molecule has 8 nitrogen and oxygen atoms in total. The van der Waals surface area contributed by atoms with E-state index in [2.05, 4.69) is 9.68 Å². The van der Waals surface area contributed by atoms with Crippen molar-refractivity contribution < 1.29 is 14.4 Å². The number of rotatable bonds is 2. The number of benzene rings is 1. The summed E-state index contributed by atoms with van der Waals surface area (Å²) in [5, 5.41) is 24.7. The number of aromatic nitrogens is 1. The number of non-ortho nitro benzene ring substituents is 2. The molecule has 0 saturated heterocycles. The van der Waals surface area contributed by atoms with Crippen LogP contribution < -0.4 is 0 Å². The minimum absolute atomic E-state index is 0.00519. The molecule has 0 aliphatic rings. The maximum atomic E-state index is 10.6. The molecular formula is C7H3N3O5. The van der Waals surface area contributed by atoms with Crippen molar-refractivity contribution in [1.82, 2.24) is 5.16 Å². The highest BCUT2D eigenvalue weighted by molar-refractivity contribution is 5.88. The molecule has 1 aromatic heterocycles. The number of nitrogens with zero attached hydrogens (tertiary/aromatic N) is 3. The summed E-state index contributed by atoms with van der Waals surface area (Å²) in [6.07, 6.45) is 1.12. The fraction of sp³-hybridized carbons (Fsp3) is 0. The quantitative estimate of drug-likeness (QED) is 0.548. The van der Waals surface area contributed by atoms with Crippen molar-refractivity contribution in [3.8, 4) is 0 Å². The maximum Gasteiger partial charge on any atom is 0.305 e. The summed E-state index contributed by atoms with van der Waals surface area (Å²) in [7, 11) is 0. The van der Waals surface area contributed by atoms with Gasteiger partial charge in [-0.15, -0.1) is 0 Å². The summed E-state index contributed by atoms with van der Waals surface area (Å²) in [5.41, 5.74) is -0.795. The van der Waals surface area contributed by atoms with Crippen LogP contribution in [0.15, 0.2) is 22.9 Å².